The first-order chi connectivity index (χ1) is 8.13. The van der Waals surface area contributed by atoms with Gasteiger partial charge in [-0.15, -0.1) is 0 Å². The first-order valence-electron chi connectivity index (χ1n) is 6.28. The van der Waals surface area contributed by atoms with Gasteiger partial charge in [-0.1, -0.05) is 13.8 Å². The lowest BCUT2D eigenvalue weighted by Crippen LogP contribution is -2.28. The van der Waals surface area contributed by atoms with Crippen molar-refractivity contribution in [3.8, 4) is 6.07 Å². The molecule has 1 aromatic rings. The monoisotopic (exact) mass is 230 g/mol. The number of rotatable bonds is 2. The van der Waals surface area contributed by atoms with Crippen LogP contribution in [-0.4, -0.2) is 4.57 Å². The molecule has 0 atom stereocenters. The van der Waals surface area contributed by atoms with Gasteiger partial charge in [-0.25, -0.2) is 0 Å². The van der Waals surface area contributed by atoms with Gasteiger partial charge in [0.15, 0.2) is 0 Å². The average molecular weight is 230 g/mol. The van der Waals surface area contributed by atoms with Gasteiger partial charge >= 0.3 is 0 Å². The van der Waals surface area contributed by atoms with Crippen LogP contribution in [0.1, 0.15) is 43.4 Å². The predicted molar refractivity (Wildman–Crippen MR) is 66.9 cm³/mol. The molecule has 3 nitrogen and oxygen atoms in total. The van der Waals surface area contributed by atoms with E-state index in [1.165, 1.54) is 5.56 Å². The summed E-state index contributed by atoms with van der Waals surface area (Å²) in [5.41, 5.74) is 2.47. The van der Waals surface area contributed by atoms with Gasteiger partial charge in [-0.2, -0.15) is 5.26 Å². The third-order valence-electron chi connectivity index (χ3n) is 3.27. The Morgan fingerprint density at radius 1 is 1.41 bits per heavy atom. The van der Waals surface area contributed by atoms with Gasteiger partial charge in [0.25, 0.3) is 5.56 Å². The maximum atomic E-state index is 12.1. The molecule has 1 aliphatic rings. The van der Waals surface area contributed by atoms with E-state index in [1.807, 2.05) is 6.20 Å². The highest BCUT2D eigenvalue weighted by Crippen LogP contribution is 2.22. The van der Waals surface area contributed by atoms with Crippen LogP contribution in [0.15, 0.2) is 11.0 Å². The highest BCUT2D eigenvalue weighted by molar-refractivity contribution is 5.41. The zero-order valence-electron chi connectivity index (χ0n) is 10.5. The fraction of sp³-hybridized carbons (Fsp3) is 0.571. The fourth-order valence-electron chi connectivity index (χ4n) is 2.52. The van der Waals surface area contributed by atoms with Crippen LogP contribution >= 0.6 is 0 Å². The second-order valence-electron chi connectivity index (χ2n) is 5.18. The van der Waals surface area contributed by atoms with Gasteiger partial charge in [-0.05, 0) is 42.7 Å². The summed E-state index contributed by atoms with van der Waals surface area (Å²) in [7, 11) is 0. The second-order valence-corrected chi connectivity index (χ2v) is 5.18. The zero-order chi connectivity index (χ0) is 12.4. The van der Waals surface area contributed by atoms with Gasteiger partial charge in [0.05, 0.1) is 0 Å². The van der Waals surface area contributed by atoms with Crippen molar-refractivity contribution in [3.63, 3.8) is 0 Å². The molecular formula is C14H18N2O. The van der Waals surface area contributed by atoms with E-state index in [9.17, 15) is 4.79 Å². The molecule has 0 N–H and O–H groups in total. The van der Waals surface area contributed by atoms with Crippen molar-refractivity contribution < 1.29 is 0 Å². The fourth-order valence-corrected chi connectivity index (χ4v) is 2.52. The summed E-state index contributed by atoms with van der Waals surface area (Å²) in [6, 6.07) is 2.10. The Kier molecular flexibility index (Phi) is 3.33. The minimum absolute atomic E-state index is 0.109. The lowest BCUT2D eigenvalue weighted by molar-refractivity contribution is 0.504. The molecule has 0 amide bonds. The smallest absolute Gasteiger partial charge is 0.268 e. The van der Waals surface area contributed by atoms with E-state index in [0.717, 1.165) is 31.2 Å². The van der Waals surface area contributed by atoms with Crippen LogP contribution in [0.4, 0.5) is 0 Å². The van der Waals surface area contributed by atoms with Crippen molar-refractivity contribution in [1.82, 2.24) is 4.57 Å². The highest BCUT2D eigenvalue weighted by atomic mass is 16.1. The number of hydrogen-bond donors (Lipinski definition) is 0. The quantitative estimate of drug-likeness (QED) is 0.782. The Balaban J connectivity index is 2.57. The maximum absolute atomic E-state index is 12.1. The Hall–Kier alpha value is -1.56. The normalized spacial score (nSPS) is 14.5. The molecule has 0 radical (unpaired) electrons. The van der Waals surface area contributed by atoms with Gasteiger partial charge < -0.3 is 4.57 Å². The summed E-state index contributed by atoms with van der Waals surface area (Å²) in [6.07, 6.45) is 6.11. The molecule has 0 aliphatic heterocycles. The Bertz CT molecular complexity index is 520. The van der Waals surface area contributed by atoms with Crippen molar-refractivity contribution in [2.75, 3.05) is 0 Å². The van der Waals surface area contributed by atoms with E-state index in [1.54, 1.807) is 4.57 Å². The predicted octanol–water partition coefficient (Wildman–Crippen LogP) is 2.25. The highest BCUT2D eigenvalue weighted by Gasteiger charge is 2.18. The Morgan fingerprint density at radius 3 is 2.76 bits per heavy atom. The molecule has 1 aromatic heterocycles. The number of fused-ring (bicyclic) bond motifs is 1. The first-order valence-corrected chi connectivity index (χ1v) is 6.28. The number of pyridine rings is 1. The van der Waals surface area contributed by atoms with Crippen LogP contribution in [0.3, 0.4) is 0 Å². The van der Waals surface area contributed by atoms with E-state index in [0.29, 0.717) is 18.0 Å². The van der Waals surface area contributed by atoms with Gasteiger partial charge in [0, 0.05) is 12.7 Å². The average Bonchev–Trinajstić information content (AvgIpc) is 2.30. The molecule has 17 heavy (non-hydrogen) atoms. The number of aryl methyl sites for hydroxylation is 1. The third-order valence-corrected chi connectivity index (χ3v) is 3.27. The van der Waals surface area contributed by atoms with Gasteiger partial charge in [0.1, 0.15) is 11.6 Å². The Labute approximate surface area is 102 Å². The molecule has 0 saturated heterocycles. The molecule has 0 aromatic carbocycles. The van der Waals surface area contributed by atoms with Crippen LogP contribution in [0.5, 0.6) is 0 Å². The molecule has 90 valence electrons. The summed E-state index contributed by atoms with van der Waals surface area (Å²) >= 11 is 0. The minimum atomic E-state index is -0.109. The van der Waals surface area contributed by atoms with Crippen LogP contribution in [0.2, 0.25) is 0 Å². The molecule has 0 saturated carbocycles. The number of aromatic nitrogens is 1. The van der Waals surface area contributed by atoms with Crippen LogP contribution in [0, 0.1) is 17.2 Å². The lowest BCUT2D eigenvalue weighted by Gasteiger charge is -2.19. The zero-order valence-corrected chi connectivity index (χ0v) is 10.5. The van der Waals surface area contributed by atoms with E-state index >= 15 is 0 Å². The Morgan fingerprint density at radius 2 is 2.12 bits per heavy atom. The van der Waals surface area contributed by atoms with Crippen LogP contribution in [-0.2, 0) is 19.4 Å². The van der Waals surface area contributed by atoms with Gasteiger partial charge in [0.2, 0.25) is 0 Å². The van der Waals surface area contributed by atoms with Crippen LogP contribution < -0.4 is 5.56 Å². The topological polar surface area (TPSA) is 45.8 Å². The molecule has 0 fully saturated rings. The van der Waals surface area contributed by atoms with Crippen molar-refractivity contribution in [2.45, 2.75) is 46.1 Å². The van der Waals surface area contributed by atoms with Crippen molar-refractivity contribution in [2.24, 2.45) is 5.92 Å². The molecule has 0 bridgehead atoms. The first kappa shape index (κ1) is 11.9. The maximum Gasteiger partial charge on any atom is 0.268 e. The molecule has 3 heteroatoms. The van der Waals surface area contributed by atoms with Crippen LogP contribution in [0.25, 0.3) is 0 Å². The largest absolute Gasteiger partial charge is 0.314 e. The lowest BCUT2D eigenvalue weighted by atomic mass is 9.90. The van der Waals surface area contributed by atoms with Crippen molar-refractivity contribution in [3.05, 3.63) is 33.2 Å². The second kappa shape index (κ2) is 4.75. The molecule has 0 spiro atoms. The molecule has 2 rings (SSSR count). The standard InChI is InChI=1S/C14H18N2O/c1-10(2)8-16-9-11-5-3-4-6-12(11)13(7-15)14(16)17/h9-10H,3-6,8H2,1-2H3. The summed E-state index contributed by atoms with van der Waals surface area (Å²) in [5.74, 6) is 0.417. The molecule has 1 aliphatic carbocycles. The summed E-state index contributed by atoms with van der Waals surface area (Å²) in [4.78, 5) is 12.1. The van der Waals surface area contributed by atoms with E-state index < -0.39 is 0 Å². The number of nitriles is 1. The van der Waals surface area contributed by atoms with Crippen molar-refractivity contribution >= 4 is 0 Å². The van der Waals surface area contributed by atoms with Gasteiger partial charge in [-0.3, -0.25) is 4.79 Å². The molecule has 1 heterocycles. The minimum Gasteiger partial charge on any atom is -0.314 e. The summed E-state index contributed by atoms with van der Waals surface area (Å²) < 4.78 is 1.72. The van der Waals surface area contributed by atoms with E-state index in [2.05, 4.69) is 19.9 Å². The third kappa shape index (κ3) is 2.26. The van der Waals surface area contributed by atoms with E-state index in [-0.39, 0.29) is 5.56 Å². The molecular weight excluding hydrogens is 212 g/mol. The molecule has 0 unspecified atom stereocenters. The van der Waals surface area contributed by atoms with Crippen molar-refractivity contribution in [1.29, 1.82) is 5.26 Å². The number of hydrogen-bond acceptors (Lipinski definition) is 2. The summed E-state index contributed by atoms with van der Waals surface area (Å²) in [6.45, 7) is 4.86. The number of nitrogens with zero attached hydrogens (tertiary/aromatic N) is 2. The summed E-state index contributed by atoms with van der Waals surface area (Å²) in [5, 5.41) is 9.17. The van der Waals surface area contributed by atoms with E-state index in [4.69, 9.17) is 5.26 Å². The SMILES string of the molecule is CC(C)Cn1cc2c(c(C#N)c1=O)CCCC2.